The van der Waals surface area contributed by atoms with Crippen LogP contribution in [0, 0.1) is 0 Å². The number of nitrogens with zero attached hydrogens (tertiary/aromatic N) is 1. The maximum atomic E-state index is 12.9. The van der Waals surface area contributed by atoms with Crippen LogP contribution in [0.3, 0.4) is 0 Å². The summed E-state index contributed by atoms with van der Waals surface area (Å²) < 4.78 is 25.8. The molecule has 21 heavy (non-hydrogen) atoms. The number of rotatable bonds is 8. The predicted octanol–water partition coefficient (Wildman–Crippen LogP) is 4.03. The van der Waals surface area contributed by atoms with Crippen LogP contribution in [-0.2, 0) is 9.84 Å². The van der Waals surface area contributed by atoms with Crippen LogP contribution in [-0.4, -0.2) is 25.9 Å². The third kappa shape index (κ3) is 4.16. The van der Waals surface area contributed by atoms with E-state index in [0.717, 1.165) is 44.4 Å². The highest BCUT2D eigenvalue weighted by atomic mass is 32.2. The summed E-state index contributed by atoms with van der Waals surface area (Å²) in [6, 6.07) is 8.82. The molecule has 0 radical (unpaired) electrons. The van der Waals surface area contributed by atoms with E-state index in [-0.39, 0.29) is 0 Å². The second-order valence-corrected chi connectivity index (χ2v) is 7.80. The van der Waals surface area contributed by atoms with Crippen LogP contribution in [0.25, 0.3) is 0 Å². The van der Waals surface area contributed by atoms with E-state index in [2.05, 4.69) is 11.9 Å². The van der Waals surface area contributed by atoms with E-state index in [0.29, 0.717) is 11.3 Å². The number of aliphatic imine (C=N–C) groups is 1. The minimum Gasteiger partial charge on any atom is -0.293 e. The molecule has 2 rings (SSSR count). The molecule has 0 fully saturated rings. The minimum absolute atomic E-state index is 0.417. The Labute approximate surface area is 128 Å². The summed E-state index contributed by atoms with van der Waals surface area (Å²) in [5, 5.41) is -0.417. The number of unbranched alkanes of at least 4 members (excludes halogenated alkanes) is 3. The second kappa shape index (κ2) is 7.74. The summed E-state index contributed by atoms with van der Waals surface area (Å²) in [6.45, 7) is 2.95. The van der Waals surface area contributed by atoms with Gasteiger partial charge in [-0.05, 0) is 31.4 Å². The average molecular weight is 307 g/mol. The predicted molar refractivity (Wildman–Crippen MR) is 87.7 cm³/mol. The molecule has 0 saturated carbocycles. The molecular weight excluding hydrogens is 282 g/mol. The van der Waals surface area contributed by atoms with E-state index in [1.807, 2.05) is 6.07 Å². The van der Waals surface area contributed by atoms with Gasteiger partial charge in [0.05, 0.1) is 4.90 Å². The van der Waals surface area contributed by atoms with Crippen LogP contribution >= 0.6 is 0 Å². The second-order valence-electron chi connectivity index (χ2n) is 5.67. The van der Waals surface area contributed by atoms with Gasteiger partial charge in [-0.1, -0.05) is 50.8 Å². The molecule has 1 heterocycles. The Kier molecular flexibility index (Phi) is 5.97. The van der Waals surface area contributed by atoms with Crippen molar-refractivity contribution >= 4 is 15.5 Å². The molecular formula is C17H25NO2S. The lowest BCUT2D eigenvalue weighted by atomic mass is 10.1. The van der Waals surface area contributed by atoms with Gasteiger partial charge in [-0.3, -0.25) is 4.99 Å². The van der Waals surface area contributed by atoms with Crippen molar-refractivity contribution < 1.29 is 8.42 Å². The molecule has 1 aliphatic rings. The zero-order valence-electron chi connectivity index (χ0n) is 12.8. The topological polar surface area (TPSA) is 46.5 Å². The fraction of sp³-hybridized carbons (Fsp3) is 0.588. The lowest BCUT2D eigenvalue weighted by Crippen LogP contribution is -2.29. The van der Waals surface area contributed by atoms with Gasteiger partial charge in [-0.2, -0.15) is 0 Å². The molecule has 0 N–H and O–H groups in total. The van der Waals surface area contributed by atoms with Gasteiger partial charge < -0.3 is 0 Å². The lowest BCUT2D eigenvalue weighted by molar-refractivity contribution is 0.576. The van der Waals surface area contributed by atoms with E-state index in [4.69, 9.17) is 0 Å². The minimum atomic E-state index is -3.30. The van der Waals surface area contributed by atoms with Crippen LogP contribution in [0.4, 0.5) is 0 Å². The number of hydrogen-bond acceptors (Lipinski definition) is 3. The standard InChI is InChI=1S/C17H25NO2S/c1-2-3-4-8-13-17(16-12-9-14-18-16)21(19,20)15-10-6-5-7-11-15/h5-7,10-11,17H,2-4,8-9,12-14H2,1H3. The molecule has 116 valence electrons. The molecule has 0 amide bonds. The van der Waals surface area contributed by atoms with Crippen LogP contribution in [0.1, 0.15) is 51.9 Å². The Morgan fingerprint density at radius 3 is 2.52 bits per heavy atom. The SMILES string of the molecule is CCCCCCC(C1=NCCC1)S(=O)(=O)c1ccccc1. The van der Waals surface area contributed by atoms with Gasteiger partial charge in [0.1, 0.15) is 5.25 Å². The van der Waals surface area contributed by atoms with Crippen LogP contribution in [0.15, 0.2) is 40.2 Å². The van der Waals surface area contributed by atoms with Crippen LogP contribution in [0.5, 0.6) is 0 Å². The van der Waals surface area contributed by atoms with E-state index in [1.165, 1.54) is 6.42 Å². The maximum absolute atomic E-state index is 12.9. The number of hydrogen-bond donors (Lipinski definition) is 0. The smallest absolute Gasteiger partial charge is 0.186 e. The average Bonchev–Trinajstić information content (AvgIpc) is 3.02. The Morgan fingerprint density at radius 2 is 1.90 bits per heavy atom. The highest BCUT2D eigenvalue weighted by Gasteiger charge is 2.32. The zero-order valence-corrected chi connectivity index (χ0v) is 13.6. The summed E-state index contributed by atoms with van der Waals surface area (Å²) in [5.74, 6) is 0. The van der Waals surface area contributed by atoms with E-state index >= 15 is 0 Å². The van der Waals surface area contributed by atoms with Crippen molar-refractivity contribution in [2.24, 2.45) is 4.99 Å². The summed E-state index contributed by atoms with van der Waals surface area (Å²) in [5.41, 5.74) is 0.898. The molecule has 1 aromatic carbocycles. The lowest BCUT2D eigenvalue weighted by Gasteiger charge is -2.18. The monoisotopic (exact) mass is 307 g/mol. The summed E-state index contributed by atoms with van der Waals surface area (Å²) in [4.78, 5) is 4.89. The fourth-order valence-electron chi connectivity index (χ4n) is 2.86. The van der Waals surface area contributed by atoms with Gasteiger partial charge in [-0.15, -0.1) is 0 Å². The molecule has 1 aliphatic heterocycles. The molecule has 0 saturated heterocycles. The third-order valence-electron chi connectivity index (χ3n) is 4.04. The molecule has 1 atom stereocenters. The Hall–Kier alpha value is -1.16. The summed E-state index contributed by atoms with van der Waals surface area (Å²) in [7, 11) is -3.30. The van der Waals surface area contributed by atoms with Crippen molar-refractivity contribution in [1.29, 1.82) is 0 Å². The molecule has 0 aliphatic carbocycles. The highest BCUT2D eigenvalue weighted by molar-refractivity contribution is 7.92. The first-order chi connectivity index (χ1) is 10.2. The third-order valence-corrected chi connectivity index (χ3v) is 6.23. The molecule has 0 spiro atoms. The quantitative estimate of drug-likeness (QED) is 0.681. The van der Waals surface area contributed by atoms with Gasteiger partial charge in [0.15, 0.2) is 9.84 Å². The fourth-order valence-corrected chi connectivity index (χ4v) is 4.75. The highest BCUT2D eigenvalue weighted by Crippen LogP contribution is 2.25. The maximum Gasteiger partial charge on any atom is 0.186 e. The first kappa shape index (κ1) is 16.2. The van der Waals surface area contributed by atoms with Gasteiger partial charge in [0.2, 0.25) is 0 Å². The number of sulfone groups is 1. The zero-order chi connectivity index (χ0) is 15.1. The Balaban J connectivity index is 2.18. The van der Waals surface area contributed by atoms with E-state index < -0.39 is 15.1 Å². The molecule has 0 aromatic heterocycles. The number of benzene rings is 1. The first-order valence-corrected chi connectivity index (χ1v) is 9.53. The molecule has 1 unspecified atom stereocenters. The largest absolute Gasteiger partial charge is 0.293 e. The van der Waals surface area contributed by atoms with Crippen molar-refractivity contribution in [3.63, 3.8) is 0 Å². The van der Waals surface area contributed by atoms with Gasteiger partial charge in [-0.25, -0.2) is 8.42 Å². The van der Waals surface area contributed by atoms with Crippen molar-refractivity contribution in [3.05, 3.63) is 30.3 Å². The van der Waals surface area contributed by atoms with Gasteiger partial charge in [0.25, 0.3) is 0 Å². The normalized spacial score (nSPS) is 16.7. The van der Waals surface area contributed by atoms with Gasteiger partial charge in [0, 0.05) is 12.3 Å². The van der Waals surface area contributed by atoms with Crippen molar-refractivity contribution in [2.75, 3.05) is 6.54 Å². The van der Waals surface area contributed by atoms with E-state index in [9.17, 15) is 8.42 Å². The summed E-state index contributed by atoms with van der Waals surface area (Å²) >= 11 is 0. The molecule has 0 bridgehead atoms. The molecule has 1 aromatic rings. The summed E-state index contributed by atoms with van der Waals surface area (Å²) in [6.07, 6.45) is 6.93. The van der Waals surface area contributed by atoms with Crippen molar-refractivity contribution in [2.45, 2.75) is 62.0 Å². The Morgan fingerprint density at radius 1 is 1.14 bits per heavy atom. The van der Waals surface area contributed by atoms with Crippen molar-refractivity contribution in [3.8, 4) is 0 Å². The molecule has 4 heteroatoms. The van der Waals surface area contributed by atoms with Crippen LogP contribution in [0.2, 0.25) is 0 Å². The van der Waals surface area contributed by atoms with E-state index in [1.54, 1.807) is 24.3 Å². The van der Waals surface area contributed by atoms with Crippen molar-refractivity contribution in [1.82, 2.24) is 0 Å². The first-order valence-electron chi connectivity index (χ1n) is 7.98. The van der Waals surface area contributed by atoms with Crippen LogP contribution < -0.4 is 0 Å². The molecule has 3 nitrogen and oxygen atoms in total. The van der Waals surface area contributed by atoms with Gasteiger partial charge >= 0.3 is 0 Å². The Bertz CT molecular complexity index is 564.